The maximum atomic E-state index is 12.3. The van der Waals surface area contributed by atoms with Crippen molar-refractivity contribution in [3.8, 4) is 0 Å². The molecule has 2 heterocycles. The smallest absolute Gasteiger partial charge is 0.320 e. The van der Waals surface area contributed by atoms with Gasteiger partial charge in [-0.25, -0.2) is 4.79 Å². The fraction of sp³-hybridized carbons (Fsp3) is 0.833. The third-order valence-corrected chi connectivity index (χ3v) is 3.70. The van der Waals surface area contributed by atoms with Gasteiger partial charge in [-0.15, -0.1) is 0 Å². The first-order chi connectivity index (χ1) is 9.10. The van der Waals surface area contributed by atoms with Crippen LogP contribution >= 0.6 is 0 Å². The van der Waals surface area contributed by atoms with Crippen LogP contribution < -0.4 is 5.73 Å². The lowest BCUT2D eigenvalue weighted by Crippen LogP contribution is -2.51. The molecule has 7 nitrogen and oxygen atoms in total. The van der Waals surface area contributed by atoms with Crippen molar-refractivity contribution in [1.82, 2.24) is 9.80 Å². The Morgan fingerprint density at radius 2 is 2.00 bits per heavy atom. The Kier molecular flexibility index (Phi) is 4.60. The minimum atomic E-state index is -0.899. The van der Waals surface area contributed by atoms with E-state index < -0.39 is 12.1 Å². The highest BCUT2D eigenvalue weighted by atomic mass is 16.5. The second kappa shape index (κ2) is 6.21. The Hall–Kier alpha value is -1.34. The van der Waals surface area contributed by atoms with E-state index in [0.717, 1.165) is 13.0 Å². The first-order valence-corrected chi connectivity index (χ1v) is 6.67. The molecule has 2 rings (SSSR count). The molecule has 19 heavy (non-hydrogen) atoms. The molecule has 108 valence electrons. The third kappa shape index (κ3) is 3.57. The number of carboxylic acids is 1. The minimum Gasteiger partial charge on any atom is -0.481 e. The minimum absolute atomic E-state index is 0.0189. The van der Waals surface area contributed by atoms with Crippen LogP contribution in [0, 0.1) is 5.92 Å². The summed E-state index contributed by atoms with van der Waals surface area (Å²) in [5.74, 6) is -0.511. The third-order valence-electron chi connectivity index (χ3n) is 3.70. The van der Waals surface area contributed by atoms with Crippen LogP contribution in [-0.4, -0.2) is 72.3 Å². The zero-order valence-electron chi connectivity index (χ0n) is 11.0. The molecule has 0 aromatic heterocycles. The van der Waals surface area contributed by atoms with Crippen molar-refractivity contribution in [3.63, 3.8) is 0 Å². The Labute approximate surface area is 112 Å². The van der Waals surface area contributed by atoms with Gasteiger partial charge in [-0.05, 0) is 18.9 Å². The summed E-state index contributed by atoms with van der Waals surface area (Å²) < 4.78 is 5.36. The van der Waals surface area contributed by atoms with E-state index in [0.29, 0.717) is 38.7 Å². The molecule has 0 bridgehead atoms. The van der Waals surface area contributed by atoms with E-state index in [9.17, 15) is 9.59 Å². The summed E-state index contributed by atoms with van der Waals surface area (Å²) in [5, 5.41) is 8.76. The van der Waals surface area contributed by atoms with E-state index in [1.807, 2.05) is 0 Å². The van der Waals surface area contributed by atoms with Crippen molar-refractivity contribution < 1.29 is 19.4 Å². The molecule has 0 spiro atoms. The van der Waals surface area contributed by atoms with E-state index in [1.165, 1.54) is 0 Å². The highest BCUT2D eigenvalue weighted by Gasteiger charge is 2.32. The summed E-state index contributed by atoms with van der Waals surface area (Å²) in [7, 11) is 0. The normalized spacial score (nSPS) is 27.6. The summed E-state index contributed by atoms with van der Waals surface area (Å²) in [4.78, 5) is 26.5. The molecule has 0 aliphatic carbocycles. The maximum absolute atomic E-state index is 12.3. The number of urea groups is 1. The number of hydrogen-bond donors (Lipinski definition) is 2. The number of amides is 2. The molecular weight excluding hydrogens is 250 g/mol. The number of carbonyl (C=O) groups excluding carboxylic acids is 1. The number of carbonyl (C=O) groups is 2. The van der Waals surface area contributed by atoms with Crippen molar-refractivity contribution in [2.45, 2.75) is 18.9 Å². The Morgan fingerprint density at radius 3 is 2.63 bits per heavy atom. The fourth-order valence-corrected chi connectivity index (χ4v) is 2.61. The van der Waals surface area contributed by atoms with E-state index in [1.54, 1.807) is 9.80 Å². The second-order valence-corrected chi connectivity index (χ2v) is 5.16. The van der Waals surface area contributed by atoms with E-state index in [4.69, 9.17) is 15.6 Å². The quantitative estimate of drug-likeness (QED) is 0.725. The van der Waals surface area contributed by atoms with E-state index in [-0.39, 0.29) is 12.5 Å². The van der Waals surface area contributed by atoms with Gasteiger partial charge in [0.1, 0.15) is 0 Å². The van der Waals surface area contributed by atoms with Gasteiger partial charge in [0.15, 0.2) is 0 Å². The lowest BCUT2D eigenvalue weighted by molar-refractivity contribution is -0.141. The van der Waals surface area contributed by atoms with Crippen molar-refractivity contribution in [2.24, 2.45) is 11.7 Å². The number of carboxylic acid groups (broad SMARTS) is 1. The SMILES string of the molecule is NCC1CCN(C(=O)N2CCOC(CC(=O)O)C2)C1. The number of morpholine rings is 1. The van der Waals surface area contributed by atoms with Gasteiger partial charge >= 0.3 is 12.0 Å². The summed E-state index contributed by atoms with van der Waals surface area (Å²) in [5.41, 5.74) is 5.61. The first kappa shape index (κ1) is 14.1. The van der Waals surface area contributed by atoms with Gasteiger partial charge in [-0.3, -0.25) is 4.79 Å². The highest BCUT2D eigenvalue weighted by Crippen LogP contribution is 2.18. The van der Waals surface area contributed by atoms with Gasteiger partial charge in [0.25, 0.3) is 0 Å². The van der Waals surface area contributed by atoms with Crippen molar-refractivity contribution in [2.75, 3.05) is 39.3 Å². The molecule has 2 aliphatic heterocycles. The van der Waals surface area contributed by atoms with Crippen molar-refractivity contribution in [3.05, 3.63) is 0 Å². The number of nitrogens with two attached hydrogens (primary N) is 1. The zero-order valence-corrected chi connectivity index (χ0v) is 11.0. The molecule has 0 saturated carbocycles. The van der Waals surface area contributed by atoms with Crippen LogP contribution in [0.1, 0.15) is 12.8 Å². The lowest BCUT2D eigenvalue weighted by atomic mass is 10.1. The Morgan fingerprint density at radius 1 is 1.26 bits per heavy atom. The van der Waals surface area contributed by atoms with Gasteiger partial charge in [0.05, 0.1) is 19.1 Å². The summed E-state index contributed by atoms with van der Waals surface area (Å²) in [6.07, 6.45) is 0.489. The monoisotopic (exact) mass is 271 g/mol. The molecule has 2 saturated heterocycles. The van der Waals surface area contributed by atoms with Gasteiger partial charge < -0.3 is 25.4 Å². The molecule has 0 aromatic rings. The molecule has 2 amide bonds. The van der Waals surface area contributed by atoms with Crippen LogP contribution in [0.5, 0.6) is 0 Å². The molecular formula is C12H21N3O4. The number of hydrogen-bond acceptors (Lipinski definition) is 4. The van der Waals surface area contributed by atoms with Gasteiger partial charge in [0.2, 0.25) is 0 Å². The van der Waals surface area contributed by atoms with Crippen LogP contribution in [0.2, 0.25) is 0 Å². The summed E-state index contributed by atoms with van der Waals surface area (Å²) in [6.45, 7) is 3.33. The number of nitrogens with zero attached hydrogens (tertiary/aromatic N) is 2. The van der Waals surface area contributed by atoms with Gasteiger partial charge in [-0.1, -0.05) is 0 Å². The molecule has 2 atom stereocenters. The maximum Gasteiger partial charge on any atom is 0.320 e. The fourth-order valence-electron chi connectivity index (χ4n) is 2.61. The number of rotatable bonds is 3. The molecule has 2 unspecified atom stereocenters. The predicted molar refractivity (Wildman–Crippen MR) is 67.7 cm³/mol. The Bertz CT molecular complexity index is 350. The molecule has 2 fully saturated rings. The number of likely N-dealkylation sites (tertiary alicyclic amines) is 1. The molecule has 0 aromatic carbocycles. The van der Waals surface area contributed by atoms with Gasteiger partial charge in [-0.2, -0.15) is 0 Å². The summed E-state index contributed by atoms with van der Waals surface area (Å²) >= 11 is 0. The second-order valence-electron chi connectivity index (χ2n) is 5.16. The molecule has 2 aliphatic rings. The largest absolute Gasteiger partial charge is 0.481 e. The van der Waals surface area contributed by atoms with E-state index in [2.05, 4.69) is 0 Å². The number of ether oxygens (including phenoxy) is 1. The standard InChI is InChI=1S/C12H21N3O4/c13-6-9-1-2-14(7-9)12(18)15-3-4-19-10(8-15)5-11(16)17/h9-10H,1-8,13H2,(H,16,17). The van der Waals surface area contributed by atoms with Crippen LogP contribution in [0.4, 0.5) is 4.79 Å². The van der Waals surface area contributed by atoms with Crippen molar-refractivity contribution in [1.29, 1.82) is 0 Å². The van der Waals surface area contributed by atoms with Crippen LogP contribution in [-0.2, 0) is 9.53 Å². The van der Waals surface area contributed by atoms with E-state index >= 15 is 0 Å². The first-order valence-electron chi connectivity index (χ1n) is 6.67. The van der Waals surface area contributed by atoms with Crippen LogP contribution in [0.3, 0.4) is 0 Å². The van der Waals surface area contributed by atoms with Crippen LogP contribution in [0.25, 0.3) is 0 Å². The predicted octanol–water partition coefficient (Wildman–Crippen LogP) is -0.437. The number of aliphatic carboxylic acids is 1. The van der Waals surface area contributed by atoms with Gasteiger partial charge in [0, 0.05) is 26.2 Å². The zero-order chi connectivity index (χ0) is 13.8. The Balaban J connectivity index is 1.87. The molecule has 0 radical (unpaired) electrons. The average molecular weight is 271 g/mol. The molecule has 3 N–H and O–H groups in total. The summed E-state index contributed by atoms with van der Waals surface area (Å²) in [6, 6.07) is -0.0189. The van der Waals surface area contributed by atoms with Crippen molar-refractivity contribution >= 4 is 12.0 Å². The lowest BCUT2D eigenvalue weighted by Gasteiger charge is -2.34. The highest BCUT2D eigenvalue weighted by molar-refractivity contribution is 5.75. The topological polar surface area (TPSA) is 96.1 Å². The van der Waals surface area contributed by atoms with Crippen LogP contribution in [0.15, 0.2) is 0 Å². The molecule has 7 heteroatoms. The average Bonchev–Trinajstić information content (AvgIpc) is 2.86.